The molecule has 216 valence electrons. The van der Waals surface area contributed by atoms with E-state index in [9.17, 15) is 24.1 Å². The summed E-state index contributed by atoms with van der Waals surface area (Å²) in [4.78, 5) is 42.3. The van der Waals surface area contributed by atoms with Gasteiger partial charge in [-0.15, -0.1) is 0 Å². The van der Waals surface area contributed by atoms with Crippen molar-refractivity contribution >= 4 is 66.3 Å². The maximum atomic E-state index is 13.7. The Morgan fingerprint density at radius 2 is 1.86 bits per heavy atom. The third kappa shape index (κ3) is 6.73. The number of aromatic nitrogens is 2. The van der Waals surface area contributed by atoms with Crippen LogP contribution in [-0.2, 0) is 4.79 Å². The molecular weight excluding hydrogens is 677 g/mol. The summed E-state index contributed by atoms with van der Waals surface area (Å²) < 4.78 is 21.2. The highest BCUT2D eigenvalue weighted by Crippen LogP contribution is 2.35. The quantitative estimate of drug-likeness (QED) is 0.121. The Hall–Kier alpha value is -3.97. The standard InChI is InChI=1S/C29H24Br2FN5O5/c30-19-6-11-24-23(13-19)29(39)36(28(35-24)17-4-2-1-3-5-17)33-15-18-12-20(31)14-25(37(40)41)27(18)42-16-26(38)34-22-9-7-21(32)8-10-22/h6-15,17H,1-5,16H2,(H,34,38). The number of benzene rings is 3. The number of hydrogen-bond donors (Lipinski definition) is 1. The first-order valence-corrected chi connectivity index (χ1v) is 14.7. The van der Waals surface area contributed by atoms with Crippen LogP contribution in [0, 0.1) is 15.9 Å². The molecule has 1 aliphatic rings. The van der Waals surface area contributed by atoms with Crippen LogP contribution in [-0.4, -0.2) is 33.3 Å². The molecule has 0 bridgehead atoms. The van der Waals surface area contributed by atoms with E-state index >= 15 is 0 Å². The SMILES string of the molecule is O=C(COc1c(C=Nn2c(C3CCCCC3)nc3ccc(Br)cc3c2=O)cc(Br)cc1[N+](=O)[O-])Nc1ccc(F)cc1. The molecule has 1 aliphatic carbocycles. The molecular formula is C29H24Br2FN5O5. The maximum Gasteiger partial charge on any atom is 0.312 e. The number of amides is 1. The van der Waals surface area contributed by atoms with E-state index in [2.05, 4.69) is 42.3 Å². The van der Waals surface area contributed by atoms with Crippen molar-refractivity contribution in [2.75, 3.05) is 11.9 Å². The third-order valence-corrected chi connectivity index (χ3v) is 7.80. The van der Waals surface area contributed by atoms with Gasteiger partial charge in [0.05, 0.1) is 22.0 Å². The topological polar surface area (TPSA) is 129 Å². The first kappa shape index (κ1) is 29.5. The molecule has 1 N–H and O–H groups in total. The van der Waals surface area contributed by atoms with Crippen molar-refractivity contribution in [2.45, 2.75) is 38.0 Å². The van der Waals surface area contributed by atoms with E-state index in [0.29, 0.717) is 31.4 Å². The molecule has 1 heterocycles. The summed E-state index contributed by atoms with van der Waals surface area (Å²) in [5, 5.41) is 19.3. The highest BCUT2D eigenvalue weighted by Gasteiger charge is 2.24. The van der Waals surface area contributed by atoms with E-state index in [1.54, 1.807) is 18.2 Å². The van der Waals surface area contributed by atoms with Crippen molar-refractivity contribution in [3.63, 3.8) is 0 Å². The molecule has 0 atom stereocenters. The van der Waals surface area contributed by atoms with Gasteiger partial charge in [-0.05, 0) is 61.4 Å². The van der Waals surface area contributed by atoms with Crippen LogP contribution in [0.2, 0.25) is 0 Å². The predicted molar refractivity (Wildman–Crippen MR) is 164 cm³/mol. The maximum absolute atomic E-state index is 13.7. The van der Waals surface area contributed by atoms with Crippen molar-refractivity contribution in [3.8, 4) is 5.75 Å². The number of carbonyl (C=O) groups is 1. The van der Waals surface area contributed by atoms with Crippen molar-refractivity contribution in [1.29, 1.82) is 0 Å². The fourth-order valence-electron chi connectivity index (χ4n) is 4.88. The monoisotopic (exact) mass is 699 g/mol. The summed E-state index contributed by atoms with van der Waals surface area (Å²) in [5.74, 6) is -0.721. The minimum absolute atomic E-state index is 0.0272. The van der Waals surface area contributed by atoms with Gasteiger partial charge in [-0.1, -0.05) is 51.1 Å². The molecule has 0 saturated heterocycles. The molecule has 13 heteroatoms. The van der Waals surface area contributed by atoms with Crippen LogP contribution < -0.4 is 15.6 Å². The molecule has 1 saturated carbocycles. The number of carbonyl (C=O) groups excluding carboxylic acids is 1. The van der Waals surface area contributed by atoms with Crippen LogP contribution in [0.5, 0.6) is 5.75 Å². The lowest BCUT2D eigenvalue weighted by Gasteiger charge is -2.22. The van der Waals surface area contributed by atoms with Gasteiger partial charge in [0.1, 0.15) is 11.6 Å². The zero-order valence-corrected chi connectivity index (χ0v) is 25.2. The number of halogens is 3. The normalized spacial score (nSPS) is 13.9. The Balaban J connectivity index is 1.53. The largest absolute Gasteiger partial charge is 0.476 e. The van der Waals surface area contributed by atoms with Gasteiger partial charge in [0, 0.05) is 32.2 Å². The fraction of sp³-hybridized carbons (Fsp3) is 0.241. The molecule has 42 heavy (non-hydrogen) atoms. The third-order valence-electron chi connectivity index (χ3n) is 6.85. The Morgan fingerprint density at radius 1 is 1.12 bits per heavy atom. The average molecular weight is 701 g/mol. The predicted octanol–water partition coefficient (Wildman–Crippen LogP) is 6.92. The van der Waals surface area contributed by atoms with Gasteiger partial charge < -0.3 is 10.1 Å². The number of ether oxygens (including phenoxy) is 1. The molecule has 1 aromatic heterocycles. The van der Waals surface area contributed by atoms with E-state index in [1.165, 1.54) is 41.2 Å². The highest BCUT2D eigenvalue weighted by atomic mass is 79.9. The second kappa shape index (κ2) is 12.9. The zero-order chi connectivity index (χ0) is 29.8. The van der Waals surface area contributed by atoms with E-state index < -0.39 is 28.9 Å². The van der Waals surface area contributed by atoms with Crippen molar-refractivity contribution in [3.05, 3.63) is 101 Å². The molecule has 3 aromatic carbocycles. The lowest BCUT2D eigenvalue weighted by molar-refractivity contribution is -0.385. The molecule has 0 radical (unpaired) electrons. The minimum atomic E-state index is -0.635. The van der Waals surface area contributed by atoms with E-state index in [1.807, 2.05) is 6.07 Å². The van der Waals surface area contributed by atoms with Crippen molar-refractivity contribution in [1.82, 2.24) is 9.66 Å². The van der Waals surface area contributed by atoms with Gasteiger partial charge in [-0.2, -0.15) is 9.78 Å². The van der Waals surface area contributed by atoms with Crippen LogP contribution in [0.25, 0.3) is 10.9 Å². The average Bonchev–Trinajstić information content (AvgIpc) is 2.97. The Labute approximate surface area is 256 Å². The number of rotatable bonds is 8. The van der Waals surface area contributed by atoms with Crippen LogP contribution in [0.3, 0.4) is 0 Å². The van der Waals surface area contributed by atoms with E-state index in [4.69, 9.17) is 9.72 Å². The second-order valence-electron chi connectivity index (χ2n) is 9.77. The summed E-state index contributed by atoms with van der Waals surface area (Å²) in [7, 11) is 0. The molecule has 0 spiro atoms. The molecule has 0 unspecified atom stereocenters. The van der Waals surface area contributed by atoms with E-state index in [-0.39, 0.29) is 22.8 Å². The van der Waals surface area contributed by atoms with Gasteiger partial charge in [0.15, 0.2) is 6.61 Å². The first-order chi connectivity index (χ1) is 20.2. The van der Waals surface area contributed by atoms with Crippen LogP contribution in [0.4, 0.5) is 15.8 Å². The van der Waals surface area contributed by atoms with Gasteiger partial charge in [0.2, 0.25) is 5.75 Å². The van der Waals surface area contributed by atoms with Crippen LogP contribution >= 0.6 is 31.9 Å². The number of nitrogens with one attached hydrogen (secondary N) is 1. The molecule has 5 rings (SSSR count). The summed E-state index contributed by atoms with van der Waals surface area (Å²) in [6.07, 6.45) is 6.16. The molecule has 0 aliphatic heterocycles. The summed E-state index contributed by atoms with van der Waals surface area (Å²) in [5.41, 5.74) is 0.290. The highest BCUT2D eigenvalue weighted by molar-refractivity contribution is 9.10. The lowest BCUT2D eigenvalue weighted by Crippen LogP contribution is -2.25. The van der Waals surface area contributed by atoms with Gasteiger partial charge in [-0.3, -0.25) is 19.7 Å². The number of nitro benzene ring substituents is 1. The number of hydrogen-bond acceptors (Lipinski definition) is 7. The molecule has 10 nitrogen and oxygen atoms in total. The summed E-state index contributed by atoms with van der Waals surface area (Å²) in [6, 6.07) is 13.2. The van der Waals surface area contributed by atoms with Gasteiger partial charge in [-0.25, -0.2) is 9.37 Å². The smallest absolute Gasteiger partial charge is 0.312 e. The van der Waals surface area contributed by atoms with Crippen LogP contribution in [0.1, 0.15) is 49.4 Å². The van der Waals surface area contributed by atoms with Gasteiger partial charge in [0.25, 0.3) is 11.5 Å². The number of anilines is 1. The number of nitrogens with zero attached hydrogens (tertiary/aromatic N) is 4. The minimum Gasteiger partial charge on any atom is -0.476 e. The lowest BCUT2D eigenvalue weighted by atomic mass is 9.88. The Bertz CT molecular complexity index is 1750. The number of nitro groups is 1. The molecule has 4 aromatic rings. The zero-order valence-electron chi connectivity index (χ0n) is 22.1. The second-order valence-corrected chi connectivity index (χ2v) is 11.6. The number of fused-ring (bicyclic) bond motifs is 1. The Kier molecular flexibility index (Phi) is 9.07. The summed E-state index contributed by atoms with van der Waals surface area (Å²) >= 11 is 6.69. The first-order valence-electron chi connectivity index (χ1n) is 13.1. The van der Waals surface area contributed by atoms with Crippen LogP contribution in [0.15, 0.2) is 73.4 Å². The molecule has 1 amide bonds. The fourth-order valence-corrected chi connectivity index (χ4v) is 5.70. The Morgan fingerprint density at radius 3 is 2.57 bits per heavy atom. The van der Waals surface area contributed by atoms with Crippen molar-refractivity contribution < 1.29 is 18.8 Å². The summed E-state index contributed by atoms with van der Waals surface area (Å²) in [6.45, 7) is -0.570. The van der Waals surface area contributed by atoms with Gasteiger partial charge >= 0.3 is 5.69 Å². The van der Waals surface area contributed by atoms with E-state index in [0.717, 1.165) is 32.1 Å². The molecule has 1 fully saturated rings. The van der Waals surface area contributed by atoms with Crippen molar-refractivity contribution in [2.24, 2.45) is 5.10 Å².